The van der Waals surface area contributed by atoms with Crippen LogP contribution < -0.4 is 10.6 Å². The van der Waals surface area contributed by atoms with E-state index in [0.29, 0.717) is 5.92 Å². The summed E-state index contributed by atoms with van der Waals surface area (Å²) in [5, 5.41) is 7.16. The van der Waals surface area contributed by atoms with Crippen LogP contribution in [0.2, 0.25) is 0 Å². The third kappa shape index (κ3) is 4.01. The number of nitrogens with zero attached hydrogens (tertiary/aromatic N) is 2. The maximum Gasteiger partial charge on any atom is 0.133 e. The summed E-state index contributed by atoms with van der Waals surface area (Å²) in [7, 11) is 0. The SMILES string of the molecule is C1Cc2nc(CC3CC3)nc(NCC3CCOCC3)c2CCN1. The van der Waals surface area contributed by atoms with Crippen LogP contribution in [0, 0.1) is 11.8 Å². The van der Waals surface area contributed by atoms with Crippen LogP contribution in [0.5, 0.6) is 0 Å². The molecule has 2 fully saturated rings. The predicted octanol–water partition coefficient (Wildman–Crippen LogP) is 1.96. The first-order chi connectivity index (χ1) is 11.4. The Morgan fingerprint density at radius 1 is 1.00 bits per heavy atom. The number of hydrogen-bond acceptors (Lipinski definition) is 5. The van der Waals surface area contributed by atoms with Crippen molar-refractivity contribution in [3.05, 3.63) is 17.1 Å². The van der Waals surface area contributed by atoms with Gasteiger partial charge < -0.3 is 15.4 Å². The minimum atomic E-state index is 0.713. The van der Waals surface area contributed by atoms with Crippen LogP contribution in [0.3, 0.4) is 0 Å². The van der Waals surface area contributed by atoms with Gasteiger partial charge in [0.1, 0.15) is 11.6 Å². The van der Waals surface area contributed by atoms with Crippen molar-refractivity contribution in [3.63, 3.8) is 0 Å². The van der Waals surface area contributed by atoms with Gasteiger partial charge in [0.25, 0.3) is 0 Å². The lowest BCUT2D eigenvalue weighted by Gasteiger charge is -2.23. The van der Waals surface area contributed by atoms with Crippen LogP contribution in [0.25, 0.3) is 0 Å². The maximum absolute atomic E-state index is 5.47. The molecule has 1 aromatic rings. The van der Waals surface area contributed by atoms with Crippen molar-refractivity contribution >= 4 is 5.82 Å². The summed E-state index contributed by atoms with van der Waals surface area (Å²) >= 11 is 0. The van der Waals surface area contributed by atoms with Gasteiger partial charge in [-0.2, -0.15) is 0 Å². The topological polar surface area (TPSA) is 59.1 Å². The fourth-order valence-corrected chi connectivity index (χ4v) is 3.61. The zero-order chi connectivity index (χ0) is 15.5. The van der Waals surface area contributed by atoms with Crippen LogP contribution in [0.4, 0.5) is 5.82 Å². The molecule has 2 N–H and O–H groups in total. The highest BCUT2D eigenvalue weighted by molar-refractivity contribution is 5.48. The predicted molar refractivity (Wildman–Crippen MR) is 90.8 cm³/mol. The standard InChI is InChI=1S/C18H28N4O/c1-2-13(1)11-17-21-16-4-8-19-7-3-15(16)18(22-17)20-12-14-5-9-23-10-6-14/h13-14,19H,1-12H2,(H,20,21,22). The van der Waals surface area contributed by atoms with E-state index < -0.39 is 0 Å². The Bertz CT molecular complexity index is 538. The first-order valence-corrected chi connectivity index (χ1v) is 9.29. The molecule has 126 valence electrons. The number of ether oxygens (including phenoxy) is 1. The monoisotopic (exact) mass is 316 g/mol. The van der Waals surface area contributed by atoms with E-state index in [1.54, 1.807) is 0 Å². The van der Waals surface area contributed by atoms with Gasteiger partial charge in [0.2, 0.25) is 0 Å². The van der Waals surface area contributed by atoms with Gasteiger partial charge >= 0.3 is 0 Å². The Morgan fingerprint density at radius 2 is 1.83 bits per heavy atom. The Hall–Kier alpha value is -1.20. The Labute approximate surface area is 138 Å². The zero-order valence-electron chi connectivity index (χ0n) is 13.9. The lowest BCUT2D eigenvalue weighted by Crippen LogP contribution is -2.24. The fraction of sp³-hybridized carbons (Fsp3) is 0.778. The number of hydrogen-bond donors (Lipinski definition) is 2. The summed E-state index contributed by atoms with van der Waals surface area (Å²) in [6.07, 6.45) is 8.16. The average molecular weight is 316 g/mol. The second-order valence-corrected chi connectivity index (χ2v) is 7.25. The molecule has 3 aliphatic rings. The molecule has 0 atom stereocenters. The van der Waals surface area contributed by atoms with Crippen LogP contribution in [0.15, 0.2) is 0 Å². The van der Waals surface area contributed by atoms with E-state index >= 15 is 0 Å². The molecule has 1 aliphatic carbocycles. The highest BCUT2D eigenvalue weighted by atomic mass is 16.5. The van der Waals surface area contributed by atoms with Crippen molar-refractivity contribution < 1.29 is 4.74 Å². The van der Waals surface area contributed by atoms with Crippen LogP contribution in [-0.4, -0.2) is 42.8 Å². The van der Waals surface area contributed by atoms with Crippen molar-refractivity contribution in [2.45, 2.75) is 44.9 Å². The summed E-state index contributed by atoms with van der Waals surface area (Å²) < 4.78 is 5.47. The fourth-order valence-electron chi connectivity index (χ4n) is 3.61. The highest BCUT2D eigenvalue weighted by Crippen LogP contribution is 2.32. The van der Waals surface area contributed by atoms with Crippen LogP contribution in [-0.2, 0) is 24.0 Å². The van der Waals surface area contributed by atoms with Gasteiger partial charge in [-0.05, 0) is 50.5 Å². The van der Waals surface area contributed by atoms with Crippen LogP contribution in [0.1, 0.15) is 42.8 Å². The second kappa shape index (κ2) is 7.14. The van der Waals surface area contributed by atoms with E-state index in [-0.39, 0.29) is 0 Å². The summed E-state index contributed by atoms with van der Waals surface area (Å²) in [6.45, 7) is 4.90. The molecule has 3 heterocycles. The molecular formula is C18H28N4O. The molecule has 2 aliphatic heterocycles. The summed E-state index contributed by atoms with van der Waals surface area (Å²) in [5.41, 5.74) is 2.62. The third-order valence-electron chi connectivity index (χ3n) is 5.30. The van der Waals surface area contributed by atoms with Crippen molar-refractivity contribution in [2.24, 2.45) is 11.8 Å². The quantitative estimate of drug-likeness (QED) is 0.869. The molecule has 1 aromatic heterocycles. The van der Waals surface area contributed by atoms with Crippen molar-refractivity contribution in [3.8, 4) is 0 Å². The highest BCUT2D eigenvalue weighted by Gasteiger charge is 2.25. The molecule has 0 amide bonds. The normalized spacial score (nSPS) is 22.4. The minimum absolute atomic E-state index is 0.713. The molecule has 5 nitrogen and oxygen atoms in total. The van der Waals surface area contributed by atoms with E-state index in [4.69, 9.17) is 14.7 Å². The van der Waals surface area contributed by atoms with Gasteiger partial charge in [-0.3, -0.25) is 0 Å². The Kier molecular flexibility index (Phi) is 4.76. The average Bonchev–Trinajstić information content (AvgIpc) is 3.40. The van der Waals surface area contributed by atoms with E-state index in [1.807, 2.05) is 0 Å². The molecule has 1 saturated heterocycles. The van der Waals surface area contributed by atoms with E-state index in [9.17, 15) is 0 Å². The molecule has 4 rings (SSSR count). The molecule has 0 bridgehead atoms. The zero-order valence-corrected chi connectivity index (χ0v) is 13.9. The van der Waals surface area contributed by atoms with Gasteiger partial charge in [-0.1, -0.05) is 0 Å². The van der Waals surface area contributed by atoms with E-state index in [2.05, 4.69) is 10.6 Å². The van der Waals surface area contributed by atoms with E-state index in [0.717, 1.165) is 82.5 Å². The Balaban J connectivity index is 1.52. The molecule has 0 aromatic carbocycles. The second-order valence-electron chi connectivity index (χ2n) is 7.25. The van der Waals surface area contributed by atoms with Crippen molar-refractivity contribution in [2.75, 3.05) is 38.2 Å². The van der Waals surface area contributed by atoms with E-state index in [1.165, 1.54) is 24.1 Å². The summed E-state index contributed by atoms with van der Waals surface area (Å²) in [5.74, 6) is 3.72. The molecule has 5 heteroatoms. The molecule has 23 heavy (non-hydrogen) atoms. The van der Waals surface area contributed by atoms with Crippen LogP contribution >= 0.6 is 0 Å². The van der Waals surface area contributed by atoms with Gasteiger partial charge in [0.15, 0.2) is 0 Å². The minimum Gasteiger partial charge on any atom is -0.381 e. The first-order valence-electron chi connectivity index (χ1n) is 9.29. The van der Waals surface area contributed by atoms with Gasteiger partial charge in [-0.25, -0.2) is 9.97 Å². The molecule has 0 radical (unpaired) electrons. The number of aromatic nitrogens is 2. The number of nitrogens with one attached hydrogen (secondary N) is 2. The third-order valence-corrected chi connectivity index (χ3v) is 5.30. The van der Waals surface area contributed by atoms with Crippen molar-refractivity contribution in [1.82, 2.24) is 15.3 Å². The maximum atomic E-state index is 5.47. The van der Waals surface area contributed by atoms with Gasteiger partial charge in [0.05, 0.1) is 5.69 Å². The molecule has 0 unspecified atom stereocenters. The van der Waals surface area contributed by atoms with Gasteiger partial charge in [-0.15, -0.1) is 0 Å². The molecule has 1 saturated carbocycles. The lowest BCUT2D eigenvalue weighted by molar-refractivity contribution is 0.0699. The number of anilines is 1. The molecule has 0 spiro atoms. The first kappa shape index (κ1) is 15.3. The largest absolute Gasteiger partial charge is 0.381 e. The number of fused-ring (bicyclic) bond motifs is 1. The number of rotatable bonds is 5. The Morgan fingerprint density at radius 3 is 2.65 bits per heavy atom. The summed E-state index contributed by atoms with van der Waals surface area (Å²) in [4.78, 5) is 9.81. The summed E-state index contributed by atoms with van der Waals surface area (Å²) in [6, 6.07) is 0. The molecular weight excluding hydrogens is 288 g/mol. The lowest BCUT2D eigenvalue weighted by atomic mass is 10.0. The van der Waals surface area contributed by atoms with Crippen molar-refractivity contribution in [1.29, 1.82) is 0 Å². The smallest absolute Gasteiger partial charge is 0.133 e. The van der Waals surface area contributed by atoms with Gasteiger partial charge in [0, 0.05) is 44.7 Å².